The summed E-state index contributed by atoms with van der Waals surface area (Å²) < 4.78 is 0. The van der Waals surface area contributed by atoms with Crippen LogP contribution in [-0.2, 0) is 19.2 Å². The molecule has 1 aromatic heterocycles. The molecule has 0 spiro atoms. The van der Waals surface area contributed by atoms with Gasteiger partial charge in [-0.25, -0.2) is 14.6 Å². The number of carboxylic acids is 2. The van der Waals surface area contributed by atoms with E-state index in [0.717, 1.165) is 23.1 Å². The topological polar surface area (TPSA) is 176 Å². The van der Waals surface area contributed by atoms with Crippen molar-refractivity contribution in [3.8, 4) is 0 Å². The van der Waals surface area contributed by atoms with Gasteiger partial charge in [-0.05, 0) is 6.08 Å². The van der Waals surface area contributed by atoms with Gasteiger partial charge in [0.15, 0.2) is 16.9 Å². The predicted octanol–water partition coefficient (Wildman–Crippen LogP) is -0.724. The van der Waals surface area contributed by atoms with Gasteiger partial charge < -0.3 is 31.4 Å². The Balaban J connectivity index is 2.19. The number of amides is 1. The Morgan fingerprint density at radius 2 is 2.23 bits per heavy atom. The molecule has 140 valence electrons. The molecule has 1 aromatic rings. The van der Waals surface area contributed by atoms with E-state index in [0.29, 0.717) is 0 Å². The number of nitrogens with two attached hydrogens (primary N) is 1. The molecule has 0 saturated heterocycles. The Kier molecular flexibility index (Phi) is 6.41. The molecule has 0 unspecified atom stereocenters. The lowest BCUT2D eigenvalue weighted by atomic mass is 10.2. The highest BCUT2D eigenvalue weighted by Gasteiger charge is 2.34. The number of nitrogen functional groups attached to an aromatic ring is 1. The highest BCUT2D eigenvalue weighted by atomic mass is 32.2. The first-order valence-electron chi connectivity index (χ1n) is 7.01. The third kappa shape index (κ3) is 4.64. The van der Waals surface area contributed by atoms with E-state index >= 15 is 0 Å². The Hall–Kier alpha value is -2.80. The minimum Gasteiger partial charge on any atom is -0.480 e. The SMILES string of the molecule is CO/N=C(/C(=O)N[C@@H](C(=O)O)[C@@H]1NC(C(=O)O)=CCS1)c1csc(N)n1. The lowest BCUT2D eigenvalue weighted by Crippen LogP contribution is -2.55. The number of rotatable bonds is 7. The van der Waals surface area contributed by atoms with Gasteiger partial charge in [0.2, 0.25) is 0 Å². The second-order valence-corrected chi connectivity index (χ2v) is 6.87. The van der Waals surface area contributed by atoms with Crippen molar-refractivity contribution in [1.82, 2.24) is 15.6 Å². The van der Waals surface area contributed by atoms with Gasteiger partial charge in [-0.15, -0.1) is 23.1 Å². The zero-order valence-corrected chi connectivity index (χ0v) is 15.0. The molecule has 0 saturated carbocycles. The fourth-order valence-corrected chi connectivity index (χ4v) is 3.59. The van der Waals surface area contributed by atoms with E-state index in [9.17, 15) is 19.5 Å². The number of anilines is 1. The second kappa shape index (κ2) is 8.53. The molecule has 6 N–H and O–H groups in total. The van der Waals surface area contributed by atoms with Gasteiger partial charge in [0.1, 0.15) is 23.9 Å². The Morgan fingerprint density at radius 1 is 1.50 bits per heavy atom. The molecule has 11 nitrogen and oxygen atoms in total. The van der Waals surface area contributed by atoms with Crippen LogP contribution in [0.25, 0.3) is 0 Å². The van der Waals surface area contributed by atoms with E-state index in [1.54, 1.807) is 0 Å². The van der Waals surface area contributed by atoms with Gasteiger partial charge in [0.25, 0.3) is 5.91 Å². The van der Waals surface area contributed by atoms with Crippen LogP contribution in [0.3, 0.4) is 0 Å². The molecule has 1 aliphatic rings. The number of aromatic nitrogens is 1. The van der Waals surface area contributed by atoms with Crippen molar-refractivity contribution >= 4 is 51.8 Å². The zero-order valence-electron chi connectivity index (χ0n) is 13.3. The summed E-state index contributed by atoms with van der Waals surface area (Å²) in [5, 5.41) is 27.7. The van der Waals surface area contributed by atoms with Crippen molar-refractivity contribution in [2.75, 3.05) is 18.6 Å². The lowest BCUT2D eigenvalue weighted by molar-refractivity contribution is -0.141. The van der Waals surface area contributed by atoms with Crippen LogP contribution in [0.15, 0.2) is 22.3 Å². The van der Waals surface area contributed by atoms with Crippen molar-refractivity contribution in [2.45, 2.75) is 11.4 Å². The third-order valence-electron chi connectivity index (χ3n) is 3.11. The maximum Gasteiger partial charge on any atom is 0.351 e. The van der Waals surface area contributed by atoms with Gasteiger partial charge in [0.05, 0.1) is 0 Å². The fourth-order valence-electron chi connectivity index (χ4n) is 1.99. The van der Waals surface area contributed by atoms with Gasteiger partial charge >= 0.3 is 11.9 Å². The van der Waals surface area contributed by atoms with Gasteiger partial charge in [-0.2, -0.15) is 0 Å². The first kappa shape index (κ1) is 19.5. The van der Waals surface area contributed by atoms with Crippen LogP contribution >= 0.6 is 23.1 Å². The van der Waals surface area contributed by atoms with E-state index < -0.39 is 29.3 Å². The summed E-state index contributed by atoms with van der Waals surface area (Å²) in [7, 11) is 1.22. The van der Waals surface area contributed by atoms with Crippen LogP contribution in [0.1, 0.15) is 5.69 Å². The van der Waals surface area contributed by atoms with E-state index in [1.165, 1.54) is 18.6 Å². The second-order valence-electron chi connectivity index (χ2n) is 4.80. The summed E-state index contributed by atoms with van der Waals surface area (Å²) in [5.74, 6) is -3.13. The quantitative estimate of drug-likeness (QED) is 0.289. The van der Waals surface area contributed by atoms with Crippen LogP contribution in [-0.4, -0.2) is 63.0 Å². The fraction of sp³-hybridized carbons (Fsp3) is 0.308. The van der Waals surface area contributed by atoms with Crippen molar-refractivity contribution < 1.29 is 29.4 Å². The van der Waals surface area contributed by atoms with Crippen LogP contribution in [0.2, 0.25) is 0 Å². The number of hydrogen-bond acceptors (Lipinski definition) is 10. The van der Waals surface area contributed by atoms with Gasteiger partial charge in [0, 0.05) is 11.1 Å². The molecule has 0 aromatic carbocycles. The maximum absolute atomic E-state index is 12.5. The average molecular weight is 401 g/mol. The molecule has 2 heterocycles. The number of carbonyl (C=O) groups is 3. The molecule has 2 rings (SSSR count). The van der Waals surface area contributed by atoms with E-state index in [2.05, 4.69) is 25.6 Å². The highest BCUT2D eigenvalue weighted by molar-refractivity contribution is 8.00. The first-order chi connectivity index (χ1) is 12.3. The highest BCUT2D eigenvalue weighted by Crippen LogP contribution is 2.20. The summed E-state index contributed by atoms with van der Waals surface area (Å²) in [6.07, 6.45) is 1.42. The van der Waals surface area contributed by atoms with Crippen molar-refractivity contribution in [3.05, 3.63) is 22.8 Å². The first-order valence-corrected chi connectivity index (χ1v) is 8.94. The number of carbonyl (C=O) groups excluding carboxylic acids is 1. The van der Waals surface area contributed by atoms with E-state index in [4.69, 9.17) is 10.8 Å². The van der Waals surface area contributed by atoms with Crippen LogP contribution < -0.4 is 16.4 Å². The summed E-state index contributed by atoms with van der Waals surface area (Å²) in [6, 6.07) is -1.42. The molecule has 26 heavy (non-hydrogen) atoms. The van der Waals surface area contributed by atoms with E-state index in [1.807, 2.05) is 0 Å². The Labute approximate surface area is 155 Å². The van der Waals surface area contributed by atoms with Crippen LogP contribution in [0, 0.1) is 0 Å². The molecular formula is C13H15N5O6S2. The Morgan fingerprint density at radius 3 is 2.77 bits per heavy atom. The number of thioether (sulfide) groups is 1. The smallest absolute Gasteiger partial charge is 0.351 e. The number of hydrogen-bond donors (Lipinski definition) is 5. The molecule has 2 atom stereocenters. The summed E-state index contributed by atoms with van der Waals surface area (Å²) >= 11 is 2.21. The zero-order chi connectivity index (χ0) is 19.3. The number of nitrogens with zero attached hydrogens (tertiary/aromatic N) is 2. The molecule has 1 aliphatic heterocycles. The number of oxime groups is 1. The molecule has 0 fully saturated rings. The summed E-state index contributed by atoms with van der Waals surface area (Å²) in [5.41, 5.74) is 5.28. The van der Waals surface area contributed by atoms with Crippen molar-refractivity contribution in [1.29, 1.82) is 0 Å². The third-order valence-corrected chi connectivity index (χ3v) is 4.89. The molecule has 13 heteroatoms. The van der Waals surface area contributed by atoms with Crippen LogP contribution in [0.5, 0.6) is 0 Å². The van der Waals surface area contributed by atoms with E-state index in [-0.39, 0.29) is 28.0 Å². The van der Waals surface area contributed by atoms with Crippen molar-refractivity contribution in [2.24, 2.45) is 5.16 Å². The van der Waals surface area contributed by atoms with Gasteiger partial charge in [-0.1, -0.05) is 5.16 Å². The molecule has 0 aliphatic carbocycles. The largest absolute Gasteiger partial charge is 0.480 e. The minimum absolute atomic E-state index is 0.131. The molecule has 1 amide bonds. The lowest BCUT2D eigenvalue weighted by Gasteiger charge is -2.28. The Bertz CT molecular complexity index is 777. The van der Waals surface area contributed by atoms with Crippen molar-refractivity contribution in [3.63, 3.8) is 0 Å². The predicted molar refractivity (Wildman–Crippen MR) is 94.7 cm³/mol. The van der Waals surface area contributed by atoms with Crippen LogP contribution in [0.4, 0.5) is 5.13 Å². The average Bonchev–Trinajstić information content (AvgIpc) is 3.03. The molecule has 0 bridgehead atoms. The normalized spacial score (nSPS) is 18.3. The summed E-state index contributed by atoms with van der Waals surface area (Å²) in [4.78, 5) is 43.7. The monoisotopic (exact) mass is 401 g/mol. The number of carboxylic acid groups (broad SMARTS) is 2. The van der Waals surface area contributed by atoms with Gasteiger partial charge in [-0.3, -0.25) is 4.79 Å². The number of aliphatic carboxylic acids is 2. The number of thiazole rings is 1. The maximum atomic E-state index is 12.5. The molecular weight excluding hydrogens is 386 g/mol. The molecule has 0 radical (unpaired) electrons. The minimum atomic E-state index is -1.42. The standard InChI is InChI=1S/C13H15N5O6S2/c1-24-18-7(6-4-26-13(14)16-6)9(19)17-8(12(22)23)10-15-5(11(20)21)2-3-25-10/h2,4,8,10,15H,3H2,1H3,(H2,14,16)(H,17,19)(H,20,21)(H,22,23)/b18-7+/t8-,10-/m1/s1. The summed E-state index contributed by atoms with van der Waals surface area (Å²) in [6.45, 7) is 0. The number of nitrogens with one attached hydrogen (secondary N) is 2.